The molecule has 0 unspecified atom stereocenters. The quantitative estimate of drug-likeness (QED) is 0.774. The molecule has 1 aromatic carbocycles. The zero-order valence-electron chi connectivity index (χ0n) is 13.1. The first-order chi connectivity index (χ1) is 11.5. The molecule has 0 saturated heterocycles. The molecule has 2 aromatic heterocycles. The van der Waals surface area contributed by atoms with Crippen LogP contribution in [0.5, 0.6) is 0 Å². The Morgan fingerprint density at radius 1 is 1.12 bits per heavy atom. The minimum atomic E-state index is -0.529. The molecule has 24 heavy (non-hydrogen) atoms. The molecule has 0 spiro atoms. The molecule has 0 atom stereocenters. The summed E-state index contributed by atoms with van der Waals surface area (Å²) in [5, 5.41) is 9.45. The Morgan fingerprint density at radius 3 is 2.67 bits per heavy atom. The number of hydrogen-bond donors (Lipinski definition) is 2. The standard InChI is InChI=1S/C16H15FN6O/c1-10-6-11(2)23(22-10)15-8-14(18-9-19-15)21-16(24)20-13-5-3-4-12(17)7-13/h3-9H,1-2H3,(H2,18,19,20,21,24). The molecule has 0 saturated carbocycles. The minimum Gasteiger partial charge on any atom is -0.308 e. The third kappa shape index (κ3) is 3.54. The van der Waals surface area contributed by atoms with E-state index in [0.29, 0.717) is 17.3 Å². The van der Waals surface area contributed by atoms with Crippen molar-refractivity contribution in [1.82, 2.24) is 19.7 Å². The zero-order valence-corrected chi connectivity index (χ0v) is 13.1. The Morgan fingerprint density at radius 2 is 1.96 bits per heavy atom. The first-order valence-electron chi connectivity index (χ1n) is 7.20. The Labute approximate surface area is 137 Å². The Bertz CT molecular complexity index is 892. The van der Waals surface area contributed by atoms with E-state index < -0.39 is 11.8 Å². The van der Waals surface area contributed by atoms with Crippen LogP contribution in [-0.2, 0) is 0 Å². The monoisotopic (exact) mass is 326 g/mol. The Kier molecular flexibility index (Phi) is 4.19. The van der Waals surface area contributed by atoms with Gasteiger partial charge >= 0.3 is 6.03 Å². The normalized spacial score (nSPS) is 10.5. The topological polar surface area (TPSA) is 84.7 Å². The van der Waals surface area contributed by atoms with Gasteiger partial charge in [-0.25, -0.2) is 23.8 Å². The van der Waals surface area contributed by atoms with Crippen LogP contribution in [0.4, 0.5) is 20.7 Å². The van der Waals surface area contributed by atoms with Crippen LogP contribution >= 0.6 is 0 Å². The first-order valence-corrected chi connectivity index (χ1v) is 7.20. The number of aromatic nitrogens is 4. The molecule has 122 valence electrons. The number of amides is 2. The van der Waals surface area contributed by atoms with E-state index in [2.05, 4.69) is 25.7 Å². The van der Waals surface area contributed by atoms with Crippen molar-refractivity contribution in [3.05, 3.63) is 59.9 Å². The molecule has 7 nitrogen and oxygen atoms in total. The molecule has 2 heterocycles. The molecule has 3 aromatic rings. The number of nitrogens with one attached hydrogen (secondary N) is 2. The molecule has 2 N–H and O–H groups in total. The number of urea groups is 1. The summed E-state index contributed by atoms with van der Waals surface area (Å²) in [5.74, 6) is 0.416. The molecule has 0 aliphatic rings. The van der Waals surface area contributed by atoms with Gasteiger partial charge in [0.1, 0.15) is 18.0 Å². The highest BCUT2D eigenvalue weighted by molar-refractivity contribution is 5.99. The van der Waals surface area contributed by atoms with Crippen LogP contribution in [0, 0.1) is 19.7 Å². The first kappa shape index (κ1) is 15.6. The molecule has 0 fully saturated rings. The van der Waals surface area contributed by atoms with Gasteiger partial charge in [-0.15, -0.1) is 0 Å². The second-order valence-corrected chi connectivity index (χ2v) is 5.19. The van der Waals surface area contributed by atoms with E-state index in [-0.39, 0.29) is 0 Å². The van der Waals surface area contributed by atoms with Crippen molar-refractivity contribution in [1.29, 1.82) is 0 Å². The van der Waals surface area contributed by atoms with Crippen LogP contribution in [-0.4, -0.2) is 25.8 Å². The van der Waals surface area contributed by atoms with Crippen LogP contribution in [0.2, 0.25) is 0 Å². The number of halogens is 1. The average Bonchev–Trinajstić information content (AvgIpc) is 2.86. The summed E-state index contributed by atoms with van der Waals surface area (Å²) >= 11 is 0. The summed E-state index contributed by atoms with van der Waals surface area (Å²) < 4.78 is 14.8. The van der Waals surface area contributed by atoms with Gasteiger partial charge in [-0.3, -0.25) is 5.32 Å². The summed E-state index contributed by atoms with van der Waals surface area (Å²) in [6, 6.07) is 8.62. The van der Waals surface area contributed by atoms with Gasteiger partial charge in [-0.05, 0) is 38.1 Å². The lowest BCUT2D eigenvalue weighted by Crippen LogP contribution is -2.20. The summed E-state index contributed by atoms with van der Waals surface area (Å²) in [5.41, 5.74) is 2.13. The molecule has 0 aliphatic heterocycles. The van der Waals surface area contributed by atoms with Crippen LogP contribution in [0.3, 0.4) is 0 Å². The fourth-order valence-corrected chi connectivity index (χ4v) is 2.24. The molecular formula is C16H15FN6O. The number of carbonyl (C=O) groups excluding carboxylic acids is 1. The predicted molar refractivity (Wildman–Crippen MR) is 87.7 cm³/mol. The number of nitrogens with zero attached hydrogens (tertiary/aromatic N) is 4. The lowest BCUT2D eigenvalue weighted by atomic mass is 10.3. The van der Waals surface area contributed by atoms with Gasteiger partial charge in [0.25, 0.3) is 0 Å². The summed E-state index contributed by atoms with van der Waals surface area (Å²) in [6.45, 7) is 3.79. The van der Waals surface area contributed by atoms with E-state index in [0.717, 1.165) is 11.4 Å². The van der Waals surface area contributed by atoms with Crippen LogP contribution < -0.4 is 10.6 Å². The number of rotatable bonds is 3. The van der Waals surface area contributed by atoms with E-state index in [1.807, 2.05) is 19.9 Å². The minimum absolute atomic E-state index is 0.307. The lowest BCUT2D eigenvalue weighted by molar-refractivity contribution is 0.262. The van der Waals surface area contributed by atoms with Crippen molar-refractivity contribution in [2.24, 2.45) is 0 Å². The maximum absolute atomic E-state index is 13.1. The van der Waals surface area contributed by atoms with E-state index in [9.17, 15) is 9.18 Å². The zero-order chi connectivity index (χ0) is 17.1. The number of benzene rings is 1. The SMILES string of the molecule is Cc1cc(C)n(-c2cc(NC(=O)Nc3cccc(F)c3)ncn2)n1. The van der Waals surface area contributed by atoms with Crippen LogP contribution in [0.15, 0.2) is 42.7 Å². The van der Waals surface area contributed by atoms with Crippen molar-refractivity contribution in [2.75, 3.05) is 10.6 Å². The van der Waals surface area contributed by atoms with Gasteiger partial charge in [0.2, 0.25) is 0 Å². The molecule has 0 bridgehead atoms. The highest BCUT2D eigenvalue weighted by Crippen LogP contribution is 2.13. The van der Waals surface area contributed by atoms with Gasteiger partial charge in [-0.1, -0.05) is 6.07 Å². The van der Waals surface area contributed by atoms with Gasteiger partial charge in [-0.2, -0.15) is 5.10 Å². The smallest absolute Gasteiger partial charge is 0.308 e. The number of hydrogen-bond acceptors (Lipinski definition) is 4. The largest absolute Gasteiger partial charge is 0.324 e. The van der Waals surface area contributed by atoms with E-state index >= 15 is 0 Å². The second kappa shape index (κ2) is 6.45. The van der Waals surface area contributed by atoms with E-state index in [1.165, 1.54) is 24.5 Å². The second-order valence-electron chi connectivity index (χ2n) is 5.19. The van der Waals surface area contributed by atoms with Gasteiger partial charge in [0.05, 0.1) is 5.69 Å². The van der Waals surface area contributed by atoms with Crippen molar-refractivity contribution < 1.29 is 9.18 Å². The number of aryl methyl sites for hydroxylation is 2. The third-order valence-electron chi connectivity index (χ3n) is 3.20. The number of anilines is 2. The molecule has 8 heteroatoms. The highest BCUT2D eigenvalue weighted by Gasteiger charge is 2.09. The molecular weight excluding hydrogens is 311 g/mol. The fraction of sp³-hybridized carbons (Fsp3) is 0.125. The van der Waals surface area contributed by atoms with E-state index in [1.54, 1.807) is 16.8 Å². The van der Waals surface area contributed by atoms with Crippen molar-refractivity contribution in [3.8, 4) is 5.82 Å². The summed E-state index contributed by atoms with van der Waals surface area (Å²) in [4.78, 5) is 20.1. The van der Waals surface area contributed by atoms with Gasteiger partial charge < -0.3 is 5.32 Å². The fourth-order valence-electron chi connectivity index (χ4n) is 2.24. The van der Waals surface area contributed by atoms with Gasteiger partial charge in [0, 0.05) is 17.4 Å². The summed E-state index contributed by atoms with van der Waals surface area (Å²) in [7, 11) is 0. The lowest BCUT2D eigenvalue weighted by Gasteiger charge is -2.08. The predicted octanol–water partition coefficient (Wildman–Crippen LogP) is 3.06. The van der Waals surface area contributed by atoms with Crippen molar-refractivity contribution in [2.45, 2.75) is 13.8 Å². The molecule has 0 radical (unpaired) electrons. The average molecular weight is 326 g/mol. The molecule has 3 rings (SSSR count). The number of carbonyl (C=O) groups is 1. The third-order valence-corrected chi connectivity index (χ3v) is 3.20. The maximum Gasteiger partial charge on any atom is 0.324 e. The summed E-state index contributed by atoms with van der Waals surface area (Å²) in [6.07, 6.45) is 1.34. The van der Waals surface area contributed by atoms with Crippen LogP contribution in [0.25, 0.3) is 5.82 Å². The molecule has 0 aliphatic carbocycles. The van der Waals surface area contributed by atoms with Gasteiger partial charge in [0.15, 0.2) is 5.82 Å². The van der Waals surface area contributed by atoms with Crippen LogP contribution in [0.1, 0.15) is 11.4 Å². The molecule has 2 amide bonds. The van der Waals surface area contributed by atoms with Crippen molar-refractivity contribution in [3.63, 3.8) is 0 Å². The highest BCUT2D eigenvalue weighted by atomic mass is 19.1. The van der Waals surface area contributed by atoms with E-state index in [4.69, 9.17) is 0 Å². The Balaban J connectivity index is 1.75. The Hall–Kier alpha value is -3.29. The maximum atomic E-state index is 13.1. The van der Waals surface area contributed by atoms with Crippen molar-refractivity contribution >= 4 is 17.5 Å².